The average Bonchev–Trinajstić information content (AvgIpc) is 3.00. The van der Waals surface area contributed by atoms with Crippen molar-refractivity contribution in [1.82, 2.24) is 10.2 Å². The molecule has 1 aliphatic heterocycles. The van der Waals surface area contributed by atoms with E-state index in [0.29, 0.717) is 24.3 Å². The molecule has 4 amide bonds. The van der Waals surface area contributed by atoms with Crippen LogP contribution in [0.15, 0.2) is 48.5 Å². The van der Waals surface area contributed by atoms with Gasteiger partial charge in [-0.05, 0) is 55.7 Å². The van der Waals surface area contributed by atoms with Crippen LogP contribution in [0.4, 0.5) is 10.5 Å². The molecule has 2 aromatic rings. The van der Waals surface area contributed by atoms with Crippen molar-refractivity contribution in [1.29, 1.82) is 0 Å². The molecule has 0 spiro atoms. The lowest BCUT2D eigenvalue weighted by molar-refractivity contribution is -0.134. The van der Waals surface area contributed by atoms with Crippen LogP contribution in [0, 0.1) is 6.92 Å². The number of amides is 4. The molecule has 1 fully saturated rings. The highest BCUT2D eigenvalue weighted by Gasteiger charge is 2.52. The Balaban J connectivity index is 1.87. The molecule has 158 valence electrons. The summed E-state index contributed by atoms with van der Waals surface area (Å²) in [6.07, 6.45) is 0.365. The second kappa shape index (κ2) is 8.57. The molecule has 1 aliphatic rings. The number of rotatable bonds is 7. The van der Waals surface area contributed by atoms with Gasteiger partial charge in [-0.25, -0.2) is 4.79 Å². The summed E-state index contributed by atoms with van der Waals surface area (Å²) < 4.78 is 5.30. The molecule has 1 atom stereocenters. The normalized spacial score (nSPS) is 18.3. The number of methoxy groups -OCH3 is 1. The summed E-state index contributed by atoms with van der Waals surface area (Å²) >= 11 is 0. The van der Waals surface area contributed by atoms with E-state index in [1.807, 2.05) is 57.2 Å². The van der Waals surface area contributed by atoms with E-state index in [0.717, 1.165) is 16.2 Å². The lowest BCUT2D eigenvalue weighted by Gasteiger charge is -2.27. The Kier molecular flexibility index (Phi) is 6.10. The molecular weight excluding hydrogens is 382 g/mol. The molecule has 0 aliphatic carbocycles. The summed E-state index contributed by atoms with van der Waals surface area (Å²) in [7, 11) is 1.58. The largest absolute Gasteiger partial charge is 0.496 e. The summed E-state index contributed by atoms with van der Waals surface area (Å²) in [5.41, 5.74) is 1.07. The maximum Gasteiger partial charge on any atom is 0.325 e. The molecule has 0 aromatic heterocycles. The van der Waals surface area contributed by atoms with E-state index >= 15 is 0 Å². The van der Waals surface area contributed by atoms with Crippen LogP contribution < -0.4 is 15.0 Å². The number of urea groups is 1. The van der Waals surface area contributed by atoms with E-state index in [4.69, 9.17) is 4.74 Å². The zero-order valence-electron chi connectivity index (χ0n) is 17.8. The number of nitrogens with zero attached hydrogens (tertiary/aromatic N) is 2. The maximum atomic E-state index is 13.4. The Hall–Kier alpha value is -3.35. The SMILES string of the molecule is CCN(C(=O)CN1C(=O)NC(CC)(c2ccc(OC)c(C)c2)C1=O)c1ccccc1. The molecule has 1 heterocycles. The van der Waals surface area contributed by atoms with Gasteiger partial charge in [-0.3, -0.25) is 14.5 Å². The highest BCUT2D eigenvalue weighted by Crippen LogP contribution is 2.34. The van der Waals surface area contributed by atoms with Gasteiger partial charge in [0.1, 0.15) is 17.8 Å². The van der Waals surface area contributed by atoms with E-state index in [-0.39, 0.29) is 12.5 Å². The molecule has 0 bridgehead atoms. The van der Waals surface area contributed by atoms with E-state index in [2.05, 4.69) is 5.32 Å². The number of anilines is 1. The van der Waals surface area contributed by atoms with Crippen LogP contribution in [0.3, 0.4) is 0 Å². The number of para-hydroxylation sites is 1. The third kappa shape index (κ3) is 3.63. The molecule has 7 heteroatoms. The van der Waals surface area contributed by atoms with Crippen molar-refractivity contribution >= 4 is 23.5 Å². The predicted molar refractivity (Wildman–Crippen MR) is 114 cm³/mol. The minimum atomic E-state index is -1.20. The Morgan fingerprint density at radius 2 is 1.83 bits per heavy atom. The fraction of sp³-hybridized carbons (Fsp3) is 0.348. The number of ether oxygens (including phenoxy) is 1. The van der Waals surface area contributed by atoms with Gasteiger partial charge in [0.05, 0.1) is 7.11 Å². The van der Waals surface area contributed by atoms with Gasteiger partial charge in [-0.15, -0.1) is 0 Å². The number of carbonyl (C=O) groups is 3. The van der Waals surface area contributed by atoms with Gasteiger partial charge in [-0.2, -0.15) is 0 Å². The van der Waals surface area contributed by atoms with E-state index in [1.165, 1.54) is 0 Å². The number of hydrogen-bond donors (Lipinski definition) is 1. The van der Waals surface area contributed by atoms with Crippen LogP contribution in [0.2, 0.25) is 0 Å². The summed E-state index contributed by atoms with van der Waals surface area (Å²) in [6.45, 7) is 5.69. The monoisotopic (exact) mass is 409 g/mol. The molecule has 3 rings (SSSR count). The van der Waals surface area contributed by atoms with Crippen molar-refractivity contribution in [2.24, 2.45) is 0 Å². The second-order valence-corrected chi connectivity index (χ2v) is 7.24. The molecule has 7 nitrogen and oxygen atoms in total. The summed E-state index contributed by atoms with van der Waals surface area (Å²) in [6, 6.07) is 14.0. The second-order valence-electron chi connectivity index (χ2n) is 7.24. The Morgan fingerprint density at radius 3 is 2.40 bits per heavy atom. The highest BCUT2D eigenvalue weighted by molar-refractivity contribution is 6.10. The first-order valence-corrected chi connectivity index (χ1v) is 10.0. The molecule has 2 aromatic carbocycles. The van der Waals surface area contributed by atoms with Gasteiger partial charge in [0.15, 0.2) is 0 Å². The molecule has 1 N–H and O–H groups in total. The van der Waals surface area contributed by atoms with Crippen LogP contribution in [-0.2, 0) is 15.1 Å². The predicted octanol–water partition coefficient (Wildman–Crippen LogP) is 3.21. The fourth-order valence-electron chi connectivity index (χ4n) is 3.88. The topological polar surface area (TPSA) is 79.0 Å². The standard InChI is InChI=1S/C23H27N3O4/c1-5-23(17-12-13-19(30-4)16(3)14-17)21(28)26(22(29)24-23)15-20(27)25(6-2)18-10-8-7-9-11-18/h7-14H,5-6,15H2,1-4H3,(H,24,29). The van der Waals surface area contributed by atoms with Gasteiger partial charge in [0.25, 0.3) is 5.91 Å². The van der Waals surface area contributed by atoms with Crippen molar-refractivity contribution in [3.63, 3.8) is 0 Å². The van der Waals surface area contributed by atoms with Crippen LogP contribution in [0.25, 0.3) is 0 Å². The molecule has 0 radical (unpaired) electrons. The number of hydrogen-bond acceptors (Lipinski definition) is 4. The maximum absolute atomic E-state index is 13.4. The number of nitrogens with one attached hydrogen (secondary N) is 1. The summed E-state index contributed by atoms with van der Waals surface area (Å²) in [5, 5.41) is 2.83. The van der Waals surface area contributed by atoms with Crippen molar-refractivity contribution in [2.45, 2.75) is 32.7 Å². The zero-order chi connectivity index (χ0) is 21.9. The van der Waals surface area contributed by atoms with Crippen molar-refractivity contribution < 1.29 is 19.1 Å². The lowest BCUT2D eigenvalue weighted by Crippen LogP contribution is -2.45. The first-order valence-electron chi connectivity index (χ1n) is 10.0. The average molecular weight is 409 g/mol. The smallest absolute Gasteiger partial charge is 0.325 e. The minimum absolute atomic E-state index is 0.315. The van der Waals surface area contributed by atoms with Gasteiger partial charge < -0.3 is 15.0 Å². The van der Waals surface area contributed by atoms with Crippen molar-refractivity contribution in [2.75, 3.05) is 25.1 Å². The molecule has 1 unspecified atom stereocenters. The van der Waals surface area contributed by atoms with Crippen LogP contribution in [-0.4, -0.2) is 42.9 Å². The van der Waals surface area contributed by atoms with Crippen LogP contribution >= 0.6 is 0 Å². The van der Waals surface area contributed by atoms with Gasteiger partial charge in [-0.1, -0.05) is 31.2 Å². The zero-order valence-corrected chi connectivity index (χ0v) is 17.8. The lowest BCUT2D eigenvalue weighted by atomic mass is 9.86. The van der Waals surface area contributed by atoms with Crippen molar-refractivity contribution in [3.8, 4) is 5.75 Å². The van der Waals surface area contributed by atoms with E-state index in [9.17, 15) is 14.4 Å². The third-order valence-electron chi connectivity index (χ3n) is 5.57. The number of aryl methyl sites for hydroxylation is 1. The van der Waals surface area contributed by atoms with Crippen molar-refractivity contribution in [3.05, 3.63) is 59.7 Å². The van der Waals surface area contributed by atoms with Gasteiger partial charge in [0.2, 0.25) is 5.91 Å². The van der Waals surface area contributed by atoms with E-state index in [1.54, 1.807) is 24.1 Å². The Labute approximate surface area is 176 Å². The Morgan fingerprint density at radius 1 is 1.13 bits per heavy atom. The summed E-state index contributed by atoms with van der Waals surface area (Å²) in [5.74, 6) is -0.0303. The highest BCUT2D eigenvalue weighted by atomic mass is 16.5. The minimum Gasteiger partial charge on any atom is -0.496 e. The Bertz CT molecular complexity index is 960. The van der Waals surface area contributed by atoms with E-state index < -0.39 is 17.5 Å². The molecule has 0 saturated carbocycles. The first kappa shape index (κ1) is 21.4. The number of benzene rings is 2. The third-order valence-corrected chi connectivity index (χ3v) is 5.57. The van der Waals surface area contributed by atoms with Crippen LogP contribution in [0.1, 0.15) is 31.4 Å². The van der Waals surface area contributed by atoms with Crippen LogP contribution in [0.5, 0.6) is 5.75 Å². The van der Waals surface area contributed by atoms with Gasteiger partial charge >= 0.3 is 6.03 Å². The molecule has 1 saturated heterocycles. The van der Waals surface area contributed by atoms with Gasteiger partial charge in [0, 0.05) is 12.2 Å². The summed E-state index contributed by atoms with van der Waals surface area (Å²) in [4.78, 5) is 41.6. The number of carbonyl (C=O) groups excluding carboxylic acids is 3. The number of likely N-dealkylation sites (N-methyl/N-ethyl adjacent to an activating group) is 1. The molecular formula is C23H27N3O4. The number of imide groups is 1. The fourth-order valence-corrected chi connectivity index (χ4v) is 3.88. The molecule has 30 heavy (non-hydrogen) atoms. The first-order chi connectivity index (χ1) is 14.4. The quantitative estimate of drug-likeness (QED) is 0.712.